The molecule has 1 fully saturated rings. The number of likely N-dealkylation sites (tertiary alicyclic amines) is 1. The molecule has 1 aliphatic rings. The van der Waals surface area contributed by atoms with Crippen LogP contribution in [0.15, 0.2) is 42.9 Å². The second-order valence-corrected chi connectivity index (χ2v) is 12.3. The summed E-state index contributed by atoms with van der Waals surface area (Å²) in [6.45, 7) is 3.91. The predicted octanol–water partition coefficient (Wildman–Crippen LogP) is -0.932. The van der Waals surface area contributed by atoms with Crippen molar-refractivity contribution in [2.24, 2.45) is 17.4 Å². The van der Waals surface area contributed by atoms with Gasteiger partial charge in [0.15, 0.2) is 0 Å². The first kappa shape index (κ1) is 37.8. The maximum absolute atomic E-state index is 14.0. The summed E-state index contributed by atoms with van der Waals surface area (Å²) in [5.41, 5.74) is 12.6. The monoisotopic (exact) mass is 667 g/mol. The van der Waals surface area contributed by atoms with Gasteiger partial charge in [-0.25, -0.2) is 4.98 Å². The number of nitrogens with two attached hydrogens (primary N) is 2. The molecule has 48 heavy (non-hydrogen) atoms. The van der Waals surface area contributed by atoms with Crippen molar-refractivity contribution in [3.8, 4) is 0 Å². The van der Waals surface area contributed by atoms with Gasteiger partial charge in [-0.05, 0) is 56.6 Å². The number of unbranched alkanes of at least 4 members (excludes halogenated alkanes) is 1. The zero-order valence-electron chi connectivity index (χ0n) is 27.7. The number of imidazole rings is 1. The van der Waals surface area contributed by atoms with Gasteiger partial charge in [0.2, 0.25) is 29.5 Å². The Morgan fingerprint density at radius 2 is 1.73 bits per heavy atom. The number of aldehydes is 1. The zero-order valence-corrected chi connectivity index (χ0v) is 27.7. The molecule has 1 saturated heterocycles. The molecule has 5 atom stereocenters. The number of aromatic nitrogens is 2. The molecular formula is C33H49N9O6. The normalized spacial score (nSPS) is 16.8. The van der Waals surface area contributed by atoms with Gasteiger partial charge in [0.1, 0.15) is 30.5 Å². The van der Waals surface area contributed by atoms with E-state index in [1.807, 2.05) is 30.3 Å². The standard InChI is InChI=1S/C33H49N9O6/c1-21(2)29(32(47)38-24(19-43)15-22-9-4-3-5-10-22)41-31(46)27-12-8-14-42(27)33(48)25(11-6-7-13-34)40-30(45)26(39-28(44)17-35)16-23-18-36-20-37-23/h3-5,9-10,18-21,24-27,29H,6-8,11-17,34-35H2,1-2H3,(H,36,37)(H,38,47)(H,39,44)(H,40,45)(H,41,46)/t24-,25-,26-,27-,29-/m0/s1. The van der Waals surface area contributed by atoms with E-state index in [0.29, 0.717) is 50.6 Å². The third-order valence-electron chi connectivity index (χ3n) is 8.25. The van der Waals surface area contributed by atoms with Crippen LogP contribution in [0.25, 0.3) is 0 Å². The van der Waals surface area contributed by atoms with Crippen molar-refractivity contribution < 1.29 is 28.8 Å². The largest absolute Gasteiger partial charge is 0.348 e. The van der Waals surface area contributed by atoms with Crippen molar-refractivity contribution in [2.45, 2.75) is 89.0 Å². The average molecular weight is 668 g/mol. The van der Waals surface area contributed by atoms with E-state index in [4.69, 9.17) is 11.5 Å². The Morgan fingerprint density at radius 3 is 2.35 bits per heavy atom. The molecule has 15 nitrogen and oxygen atoms in total. The smallest absolute Gasteiger partial charge is 0.245 e. The molecule has 9 N–H and O–H groups in total. The number of hydrogen-bond donors (Lipinski definition) is 7. The van der Waals surface area contributed by atoms with E-state index in [0.717, 1.165) is 5.56 Å². The number of carbonyl (C=O) groups is 6. The van der Waals surface area contributed by atoms with Gasteiger partial charge in [0.05, 0.1) is 18.9 Å². The highest BCUT2D eigenvalue weighted by Gasteiger charge is 2.40. The number of nitrogens with zero attached hydrogens (tertiary/aromatic N) is 2. The minimum Gasteiger partial charge on any atom is -0.348 e. The maximum atomic E-state index is 14.0. The summed E-state index contributed by atoms with van der Waals surface area (Å²) in [4.78, 5) is 86.6. The molecule has 0 spiro atoms. The Hall–Kier alpha value is -4.63. The Bertz CT molecular complexity index is 1350. The molecule has 0 saturated carbocycles. The molecule has 3 rings (SSSR count). The Labute approximate surface area is 280 Å². The average Bonchev–Trinajstić information content (AvgIpc) is 3.79. The SMILES string of the molecule is CC(C)[C@H](NC(=O)[C@@H]1CCCN1C(=O)[C@H](CCCCN)NC(=O)[C@H](Cc1cnc[nH]1)NC(=O)CN)C(=O)N[C@H](C=O)Cc1ccccc1. The van der Waals surface area contributed by atoms with Crippen LogP contribution >= 0.6 is 0 Å². The summed E-state index contributed by atoms with van der Waals surface area (Å²) in [7, 11) is 0. The van der Waals surface area contributed by atoms with Gasteiger partial charge in [-0.2, -0.15) is 0 Å². The van der Waals surface area contributed by atoms with Gasteiger partial charge in [-0.1, -0.05) is 44.2 Å². The first-order valence-electron chi connectivity index (χ1n) is 16.4. The molecule has 1 aliphatic heterocycles. The van der Waals surface area contributed by atoms with E-state index in [1.165, 1.54) is 17.4 Å². The lowest BCUT2D eigenvalue weighted by Gasteiger charge is -2.31. The minimum absolute atomic E-state index is 0.0883. The Balaban J connectivity index is 1.72. The zero-order chi connectivity index (χ0) is 35.1. The highest BCUT2D eigenvalue weighted by molar-refractivity contribution is 5.96. The van der Waals surface area contributed by atoms with Crippen LogP contribution in [0.4, 0.5) is 0 Å². The maximum Gasteiger partial charge on any atom is 0.245 e. The third-order valence-corrected chi connectivity index (χ3v) is 8.25. The molecule has 15 heteroatoms. The van der Waals surface area contributed by atoms with Gasteiger partial charge in [0, 0.05) is 24.9 Å². The van der Waals surface area contributed by atoms with Crippen LogP contribution in [0.2, 0.25) is 0 Å². The van der Waals surface area contributed by atoms with Crippen molar-refractivity contribution in [1.82, 2.24) is 36.1 Å². The first-order chi connectivity index (χ1) is 23.1. The summed E-state index contributed by atoms with van der Waals surface area (Å²) in [6.07, 6.45) is 6.36. The number of hydrogen-bond acceptors (Lipinski definition) is 9. The topological polar surface area (TPSA) is 234 Å². The minimum atomic E-state index is -1.04. The van der Waals surface area contributed by atoms with Gasteiger partial charge in [-0.3, -0.25) is 24.0 Å². The lowest BCUT2D eigenvalue weighted by Crippen LogP contribution is -2.59. The summed E-state index contributed by atoms with van der Waals surface area (Å²) in [5, 5.41) is 10.9. The van der Waals surface area contributed by atoms with E-state index >= 15 is 0 Å². The van der Waals surface area contributed by atoms with Crippen LogP contribution in [-0.2, 0) is 41.6 Å². The van der Waals surface area contributed by atoms with Crippen molar-refractivity contribution in [2.75, 3.05) is 19.6 Å². The van der Waals surface area contributed by atoms with E-state index in [1.54, 1.807) is 13.8 Å². The van der Waals surface area contributed by atoms with Crippen LogP contribution in [0, 0.1) is 5.92 Å². The molecule has 1 aromatic heterocycles. The summed E-state index contributed by atoms with van der Waals surface area (Å²) in [5.74, 6) is -2.90. The fraction of sp³-hybridized carbons (Fsp3) is 0.545. The Morgan fingerprint density at radius 1 is 0.979 bits per heavy atom. The van der Waals surface area contributed by atoms with Crippen molar-refractivity contribution in [3.63, 3.8) is 0 Å². The number of carbonyl (C=O) groups excluding carboxylic acids is 6. The molecule has 0 unspecified atom stereocenters. The van der Waals surface area contributed by atoms with Crippen molar-refractivity contribution in [1.29, 1.82) is 0 Å². The highest BCUT2D eigenvalue weighted by atomic mass is 16.2. The molecule has 2 aromatic rings. The lowest BCUT2D eigenvalue weighted by atomic mass is 10.0. The lowest BCUT2D eigenvalue weighted by molar-refractivity contribution is -0.142. The molecule has 1 aromatic carbocycles. The van der Waals surface area contributed by atoms with Crippen molar-refractivity contribution >= 4 is 35.8 Å². The van der Waals surface area contributed by atoms with Crippen molar-refractivity contribution in [3.05, 3.63) is 54.1 Å². The quantitative estimate of drug-likeness (QED) is 0.0723. The number of rotatable bonds is 19. The van der Waals surface area contributed by atoms with Crippen LogP contribution in [0.1, 0.15) is 57.2 Å². The van der Waals surface area contributed by atoms with Gasteiger partial charge in [0.25, 0.3) is 0 Å². The van der Waals surface area contributed by atoms with Crippen LogP contribution < -0.4 is 32.7 Å². The molecule has 262 valence electrons. The molecule has 0 bridgehead atoms. The summed E-state index contributed by atoms with van der Waals surface area (Å²) >= 11 is 0. The predicted molar refractivity (Wildman–Crippen MR) is 178 cm³/mol. The number of aromatic amines is 1. The first-order valence-corrected chi connectivity index (χ1v) is 16.4. The number of H-pyrrole nitrogens is 1. The van der Waals surface area contributed by atoms with E-state index in [9.17, 15) is 28.8 Å². The van der Waals surface area contributed by atoms with E-state index in [-0.39, 0.29) is 31.8 Å². The van der Waals surface area contributed by atoms with Gasteiger partial charge >= 0.3 is 0 Å². The molecule has 5 amide bonds. The molecule has 0 radical (unpaired) electrons. The number of amides is 5. The Kier molecular flexibility index (Phi) is 15.2. The third kappa shape index (κ3) is 11.3. The second kappa shape index (κ2) is 19.3. The van der Waals surface area contributed by atoms with Crippen LogP contribution in [0.5, 0.6) is 0 Å². The molecule has 0 aliphatic carbocycles. The fourth-order valence-corrected chi connectivity index (χ4v) is 5.66. The van der Waals surface area contributed by atoms with E-state index in [2.05, 4.69) is 31.2 Å². The highest BCUT2D eigenvalue weighted by Crippen LogP contribution is 2.21. The van der Waals surface area contributed by atoms with Gasteiger partial charge < -0.3 is 47.4 Å². The number of benzene rings is 1. The van der Waals surface area contributed by atoms with Crippen LogP contribution in [-0.4, -0.2) is 101 Å². The summed E-state index contributed by atoms with van der Waals surface area (Å²) < 4.78 is 0. The van der Waals surface area contributed by atoms with Crippen LogP contribution in [0.3, 0.4) is 0 Å². The second-order valence-electron chi connectivity index (χ2n) is 12.3. The molecule has 2 heterocycles. The van der Waals surface area contributed by atoms with Gasteiger partial charge in [-0.15, -0.1) is 0 Å². The fourth-order valence-electron chi connectivity index (χ4n) is 5.66. The number of nitrogens with one attached hydrogen (secondary N) is 5. The summed E-state index contributed by atoms with van der Waals surface area (Å²) in [6, 6.07) is 4.63. The van der Waals surface area contributed by atoms with E-state index < -0.39 is 59.7 Å². The molecular weight excluding hydrogens is 618 g/mol.